The molecule has 0 atom stereocenters. The molecule has 0 fully saturated rings. The van der Waals surface area contributed by atoms with E-state index in [4.69, 9.17) is 28.4 Å². The highest BCUT2D eigenvalue weighted by molar-refractivity contribution is 5.94. The predicted octanol–water partition coefficient (Wildman–Crippen LogP) is 11.8. The number of carbonyl (C=O) groups is 2. The highest BCUT2D eigenvalue weighted by Gasteiger charge is 2.26. The Balaban J connectivity index is 0.000000187. The van der Waals surface area contributed by atoms with Gasteiger partial charge in [-0.25, -0.2) is 0 Å². The van der Waals surface area contributed by atoms with Crippen molar-refractivity contribution in [2.24, 2.45) is 0 Å². The molecule has 0 unspecified atom stereocenters. The summed E-state index contributed by atoms with van der Waals surface area (Å²) in [6.07, 6.45) is 1.03. The quantitative estimate of drug-likeness (QED) is 0.108. The number of Topliss-reactive ketones (excluding diaryl/α,β-unsaturated/α-hetero) is 2. The number of hydrogen-bond donors (Lipinski definition) is 0. The van der Waals surface area contributed by atoms with Crippen molar-refractivity contribution in [1.82, 2.24) is 0 Å². The first-order chi connectivity index (χ1) is 27.0. The lowest BCUT2D eigenvalue weighted by atomic mass is 9.74. The summed E-state index contributed by atoms with van der Waals surface area (Å²) in [6.45, 7) is 7.54. The van der Waals surface area contributed by atoms with Crippen LogP contribution in [0.2, 0.25) is 0 Å². The van der Waals surface area contributed by atoms with Crippen molar-refractivity contribution >= 4 is 11.6 Å². The number of benzene rings is 6. The van der Waals surface area contributed by atoms with Crippen molar-refractivity contribution in [2.45, 2.75) is 39.5 Å². The molecule has 0 aliphatic rings. The van der Waals surface area contributed by atoms with Gasteiger partial charge in [-0.15, -0.1) is 0 Å². The number of ether oxygens (including phenoxy) is 6. The van der Waals surface area contributed by atoms with E-state index in [-0.39, 0.29) is 17.0 Å². The monoisotopic (exact) mass is 754 g/mol. The Labute approximate surface area is 330 Å². The van der Waals surface area contributed by atoms with E-state index in [1.807, 2.05) is 72.8 Å². The van der Waals surface area contributed by atoms with Gasteiger partial charge < -0.3 is 28.4 Å². The number of carbonyl (C=O) groups excluding carboxylic acids is 2. The molecular weight excluding hydrogens is 705 g/mol. The van der Waals surface area contributed by atoms with E-state index in [9.17, 15) is 9.59 Å². The van der Waals surface area contributed by atoms with Crippen LogP contribution in [0.1, 0.15) is 66.0 Å². The molecule has 56 heavy (non-hydrogen) atoms. The molecule has 6 rings (SSSR count). The molecule has 0 aromatic heterocycles. The molecule has 6 aromatic rings. The van der Waals surface area contributed by atoms with Crippen LogP contribution in [0.5, 0.6) is 46.0 Å². The summed E-state index contributed by atoms with van der Waals surface area (Å²) in [7, 11) is 6.66. The Morgan fingerprint density at radius 3 is 0.821 bits per heavy atom. The second kappa shape index (κ2) is 20.8. The minimum atomic E-state index is -0.00145. The van der Waals surface area contributed by atoms with Gasteiger partial charge >= 0.3 is 0 Å². The van der Waals surface area contributed by atoms with Crippen molar-refractivity contribution in [3.63, 3.8) is 0 Å². The van der Waals surface area contributed by atoms with Gasteiger partial charge in [0.25, 0.3) is 0 Å². The summed E-state index contributed by atoms with van der Waals surface area (Å²) in [5, 5.41) is 0. The maximum atomic E-state index is 11.1. The summed E-state index contributed by atoms with van der Waals surface area (Å²) < 4.78 is 31.9. The van der Waals surface area contributed by atoms with Crippen LogP contribution in [0, 0.1) is 0 Å². The molecule has 290 valence electrons. The Bertz CT molecular complexity index is 1940. The molecule has 6 aromatic carbocycles. The minimum absolute atomic E-state index is 0.00145. The van der Waals surface area contributed by atoms with E-state index < -0.39 is 0 Å². The fourth-order valence-corrected chi connectivity index (χ4v) is 5.57. The SMILES string of the molecule is CC(=O)c1ccc(Oc2ccc(C(C)=O)cc2)cc1.CCC(C)(c1ccc(OC)cc1)c1ccc(OC)cc1.COc1ccc(Oc2ccc(OC)cc2)cc1. The van der Waals surface area contributed by atoms with E-state index in [0.29, 0.717) is 22.6 Å². The van der Waals surface area contributed by atoms with Gasteiger partial charge in [-0.1, -0.05) is 38.1 Å². The van der Waals surface area contributed by atoms with Crippen molar-refractivity contribution in [1.29, 1.82) is 0 Å². The van der Waals surface area contributed by atoms with Gasteiger partial charge in [0.05, 0.1) is 28.4 Å². The van der Waals surface area contributed by atoms with Gasteiger partial charge in [0, 0.05) is 16.5 Å². The van der Waals surface area contributed by atoms with E-state index in [1.165, 1.54) is 25.0 Å². The normalized spacial score (nSPS) is 10.4. The highest BCUT2D eigenvalue weighted by Crippen LogP contribution is 2.36. The predicted molar refractivity (Wildman–Crippen MR) is 222 cm³/mol. The minimum Gasteiger partial charge on any atom is -0.497 e. The number of ketones is 2. The molecule has 0 radical (unpaired) electrons. The molecule has 0 saturated heterocycles. The number of rotatable bonds is 13. The van der Waals surface area contributed by atoms with Crippen molar-refractivity contribution in [3.8, 4) is 46.0 Å². The van der Waals surface area contributed by atoms with E-state index in [1.54, 1.807) is 77.0 Å². The average Bonchev–Trinajstić information content (AvgIpc) is 3.25. The van der Waals surface area contributed by atoms with Crippen LogP contribution in [0.15, 0.2) is 146 Å². The fourth-order valence-electron chi connectivity index (χ4n) is 5.57. The van der Waals surface area contributed by atoms with Gasteiger partial charge in [-0.05, 0) is 153 Å². The lowest BCUT2D eigenvalue weighted by molar-refractivity contribution is 0.100. The zero-order chi connectivity index (χ0) is 40.5. The molecule has 0 spiro atoms. The Morgan fingerprint density at radius 2 is 0.607 bits per heavy atom. The van der Waals surface area contributed by atoms with Crippen LogP contribution in [-0.2, 0) is 5.41 Å². The molecule has 0 amide bonds. The van der Waals surface area contributed by atoms with Crippen molar-refractivity contribution in [2.75, 3.05) is 28.4 Å². The molecule has 0 bridgehead atoms. The molecule has 0 heterocycles. The third-order valence-corrected chi connectivity index (χ3v) is 9.27. The summed E-state index contributed by atoms with van der Waals surface area (Å²) >= 11 is 0. The van der Waals surface area contributed by atoms with E-state index in [2.05, 4.69) is 38.1 Å². The summed E-state index contributed by atoms with van der Waals surface area (Å²) in [5.41, 5.74) is 3.90. The largest absolute Gasteiger partial charge is 0.497 e. The maximum absolute atomic E-state index is 11.1. The topological polar surface area (TPSA) is 89.5 Å². The third kappa shape index (κ3) is 12.0. The van der Waals surface area contributed by atoms with Gasteiger partial charge in [0.1, 0.15) is 46.0 Å². The van der Waals surface area contributed by atoms with Crippen LogP contribution in [0.4, 0.5) is 0 Å². The van der Waals surface area contributed by atoms with Gasteiger partial charge in [0.15, 0.2) is 11.6 Å². The molecule has 0 aliphatic heterocycles. The fraction of sp³-hybridized carbons (Fsp3) is 0.208. The second-order valence-electron chi connectivity index (χ2n) is 12.9. The molecule has 8 heteroatoms. The molecule has 8 nitrogen and oxygen atoms in total. The average molecular weight is 755 g/mol. The van der Waals surface area contributed by atoms with Crippen LogP contribution < -0.4 is 28.4 Å². The smallest absolute Gasteiger partial charge is 0.159 e. The van der Waals surface area contributed by atoms with E-state index >= 15 is 0 Å². The molecule has 0 aliphatic carbocycles. The maximum Gasteiger partial charge on any atom is 0.159 e. The Morgan fingerprint density at radius 1 is 0.393 bits per heavy atom. The standard InChI is InChI=1S/C18H22O2.C16H14O3.C14H14O3/c1-5-18(2,14-6-10-16(19-3)11-7-14)15-8-12-17(20-4)13-9-15;1-11(17)13-3-7-15(8-4-13)19-16-9-5-14(6-10-16)12(2)18;1-15-11-3-7-13(8-4-11)17-14-9-5-12(16-2)6-10-14/h6-13H,5H2,1-4H3;3-10H,1-2H3;3-10H,1-2H3. The van der Waals surface area contributed by atoms with Gasteiger partial charge in [-0.3, -0.25) is 9.59 Å². The van der Waals surface area contributed by atoms with Gasteiger partial charge in [0.2, 0.25) is 0 Å². The second-order valence-corrected chi connectivity index (χ2v) is 12.9. The zero-order valence-corrected chi connectivity index (χ0v) is 33.3. The Hall–Kier alpha value is -6.54. The first-order valence-electron chi connectivity index (χ1n) is 18.2. The van der Waals surface area contributed by atoms with Crippen molar-refractivity contribution in [3.05, 3.63) is 168 Å². The summed E-state index contributed by atoms with van der Waals surface area (Å²) in [6, 6.07) is 45.4. The third-order valence-electron chi connectivity index (χ3n) is 9.27. The van der Waals surface area contributed by atoms with E-state index in [0.717, 1.165) is 40.9 Å². The first kappa shape index (κ1) is 42.2. The van der Waals surface area contributed by atoms with Crippen LogP contribution in [-0.4, -0.2) is 40.0 Å². The van der Waals surface area contributed by atoms with Crippen LogP contribution >= 0.6 is 0 Å². The lowest BCUT2D eigenvalue weighted by Gasteiger charge is -2.30. The van der Waals surface area contributed by atoms with Gasteiger partial charge in [-0.2, -0.15) is 0 Å². The highest BCUT2D eigenvalue weighted by atomic mass is 16.5. The molecule has 0 saturated carbocycles. The van der Waals surface area contributed by atoms with Crippen LogP contribution in [0.25, 0.3) is 0 Å². The van der Waals surface area contributed by atoms with Crippen molar-refractivity contribution < 1.29 is 38.0 Å². The lowest BCUT2D eigenvalue weighted by Crippen LogP contribution is -2.22. The first-order valence-corrected chi connectivity index (χ1v) is 18.2. The summed E-state index contributed by atoms with van der Waals surface area (Å²) in [4.78, 5) is 22.3. The van der Waals surface area contributed by atoms with Crippen LogP contribution in [0.3, 0.4) is 0 Å². The summed E-state index contributed by atoms with van der Waals surface area (Å²) in [5.74, 6) is 6.31. The Kier molecular flexibility index (Phi) is 15.7. The number of hydrogen-bond acceptors (Lipinski definition) is 8. The molecule has 0 N–H and O–H groups in total. The number of methoxy groups -OCH3 is 4. The zero-order valence-electron chi connectivity index (χ0n) is 33.3. The molecular formula is C48H50O8.